The minimum atomic E-state index is 0.0750. The summed E-state index contributed by atoms with van der Waals surface area (Å²) in [7, 11) is 0. The highest BCUT2D eigenvalue weighted by molar-refractivity contribution is 5.47. The first-order chi connectivity index (χ1) is 5.94. The van der Waals surface area contributed by atoms with Gasteiger partial charge in [-0.25, -0.2) is 0 Å². The molecule has 1 rings (SSSR count). The van der Waals surface area contributed by atoms with E-state index in [9.17, 15) is 0 Å². The lowest BCUT2D eigenvalue weighted by Gasteiger charge is -2.20. The van der Waals surface area contributed by atoms with Crippen molar-refractivity contribution in [1.29, 1.82) is 0 Å². The molecule has 0 aromatic carbocycles. The zero-order valence-corrected chi connectivity index (χ0v) is 9.15. The Morgan fingerprint density at radius 2 is 2.00 bits per heavy atom. The first kappa shape index (κ1) is 10.1. The normalized spacial score (nSPS) is 11.8. The molecule has 0 amide bonds. The molecule has 0 aliphatic rings. The van der Waals surface area contributed by atoms with E-state index in [0.29, 0.717) is 0 Å². The summed E-state index contributed by atoms with van der Waals surface area (Å²) in [6.07, 6.45) is 1.01. The molecule has 0 saturated heterocycles. The molecular weight excluding hydrogens is 162 g/mol. The molecule has 0 fully saturated rings. The van der Waals surface area contributed by atoms with E-state index in [1.165, 1.54) is 5.56 Å². The van der Waals surface area contributed by atoms with Crippen LogP contribution < -0.4 is 5.32 Å². The molecule has 0 radical (unpaired) electrons. The van der Waals surface area contributed by atoms with Gasteiger partial charge < -0.3 is 5.32 Å². The van der Waals surface area contributed by atoms with Crippen LogP contribution in [0.5, 0.6) is 0 Å². The van der Waals surface area contributed by atoms with Crippen LogP contribution in [0.3, 0.4) is 0 Å². The summed E-state index contributed by atoms with van der Waals surface area (Å²) in [6, 6.07) is 0. The second kappa shape index (κ2) is 3.40. The quantitative estimate of drug-likeness (QED) is 0.736. The van der Waals surface area contributed by atoms with Gasteiger partial charge in [0.2, 0.25) is 0 Å². The molecule has 0 saturated carbocycles. The summed E-state index contributed by atoms with van der Waals surface area (Å²) in [4.78, 5) is 0. The van der Waals surface area contributed by atoms with E-state index in [1.807, 2.05) is 0 Å². The van der Waals surface area contributed by atoms with Crippen molar-refractivity contribution in [2.45, 2.75) is 46.6 Å². The Kier molecular flexibility index (Phi) is 2.64. The summed E-state index contributed by atoms with van der Waals surface area (Å²) < 4.78 is 0. The molecule has 13 heavy (non-hydrogen) atoms. The van der Waals surface area contributed by atoms with Crippen LogP contribution >= 0.6 is 0 Å². The van der Waals surface area contributed by atoms with Gasteiger partial charge in [-0.2, -0.15) is 5.10 Å². The van der Waals surface area contributed by atoms with Crippen molar-refractivity contribution < 1.29 is 0 Å². The van der Waals surface area contributed by atoms with Gasteiger partial charge in [-0.1, -0.05) is 6.92 Å². The third kappa shape index (κ3) is 2.47. The number of aromatic nitrogens is 2. The molecule has 1 aromatic heterocycles. The Bertz CT molecular complexity index is 281. The van der Waals surface area contributed by atoms with Crippen LogP contribution in [0.2, 0.25) is 0 Å². The van der Waals surface area contributed by atoms with Crippen LogP contribution in [0.4, 0.5) is 5.82 Å². The van der Waals surface area contributed by atoms with Gasteiger partial charge >= 0.3 is 0 Å². The molecule has 0 spiro atoms. The van der Waals surface area contributed by atoms with Crippen LogP contribution in [-0.4, -0.2) is 15.7 Å². The van der Waals surface area contributed by atoms with Gasteiger partial charge in [-0.15, -0.1) is 0 Å². The number of anilines is 1. The number of hydrogen-bond acceptors (Lipinski definition) is 2. The Morgan fingerprint density at radius 3 is 2.46 bits per heavy atom. The van der Waals surface area contributed by atoms with E-state index < -0.39 is 0 Å². The summed E-state index contributed by atoms with van der Waals surface area (Å²) in [5, 5.41) is 10.6. The Balaban J connectivity index is 2.89. The molecule has 3 nitrogen and oxygen atoms in total. The third-order valence-electron chi connectivity index (χ3n) is 1.92. The number of nitrogens with one attached hydrogen (secondary N) is 2. The highest BCUT2D eigenvalue weighted by Crippen LogP contribution is 2.19. The van der Waals surface area contributed by atoms with Crippen molar-refractivity contribution in [3.05, 3.63) is 11.3 Å². The molecule has 2 N–H and O–H groups in total. The van der Waals surface area contributed by atoms with E-state index >= 15 is 0 Å². The fourth-order valence-electron chi connectivity index (χ4n) is 1.34. The molecule has 0 aliphatic carbocycles. The maximum absolute atomic E-state index is 4.24. The Labute approximate surface area is 79.9 Å². The molecule has 74 valence electrons. The van der Waals surface area contributed by atoms with E-state index in [0.717, 1.165) is 17.9 Å². The minimum absolute atomic E-state index is 0.0750. The molecule has 0 atom stereocenters. The minimum Gasteiger partial charge on any atom is -0.364 e. The van der Waals surface area contributed by atoms with Crippen LogP contribution in [0.15, 0.2) is 0 Å². The average Bonchev–Trinajstić information content (AvgIpc) is 2.28. The zero-order valence-electron chi connectivity index (χ0n) is 9.15. The molecule has 1 heterocycles. The second-order valence-corrected chi connectivity index (χ2v) is 4.40. The largest absolute Gasteiger partial charge is 0.364 e. The maximum Gasteiger partial charge on any atom is 0.151 e. The first-order valence-electron chi connectivity index (χ1n) is 4.76. The summed E-state index contributed by atoms with van der Waals surface area (Å²) in [6.45, 7) is 10.6. The van der Waals surface area contributed by atoms with E-state index in [4.69, 9.17) is 0 Å². The lowest BCUT2D eigenvalue weighted by Crippen LogP contribution is -2.26. The van der Waals surface area contributed by atoms with Gasteiger partial charge in [-0.3, -0.25) is 5.10 Å². The molecular formula is C10H19N3. The smallest absolute Gasteiger partial charge is 0.151 e. The fourth-order valence-corrected chi connectivity index (χ4v) is 1.34. The lowest BCUT2D eigenvalue weighted by molar-refractivity contribution is 0.629. The standard InChI is InChI=1S/C10H19N3/c1-6-8-7(2)12-13-9(8)11-10(3,4)5/h6H2,1-5H3,(H2,11,12,13). The van der Waals surface area contributed by atoms with E-state index in [1.54, 1.807) is 0 Å². The fraction of sp³-hybridized carbons (Fsp3) is 0.700. The van der Waals surface area contributed by atoms with Crippen LogP contribution in [0.25, 0.3) is 0 Å². The number of aryl methyl sites for hydroxylation is 1. The number of rotatable bonds is 2. The predicted molar refractivity (Wildman–Crippen MR) is 56.1 cm³/mol. The molecule has 0 unspecified atom stereocenters. The van der Waals surface area contributed by atoms with E-state index in [2.05, 4.69) is 50.1 Å². The number of aromatic amines is 1. The lowest BCUT2D eigenvalue weighted by atomic mass is 10.1. The van der Waals surface area contributed by atoms with Gasteiger partial charge in [0, 0.05) is 16.8 Å². The Morgan fingerprint density at radius 1 is 1.38 bits per heavy atom. The van der Waals surface area contributed by atoms with Gasteiger partial charge in [0.15, 0.2) is 5.82 Å². The second-order valence-electron chi connectivity index (χ2n) is 4.40. The number of H-pyrrole nitrogens is 1. The van der Waals surface area contributed by atoms with Gasteiger partial charge in [0.25, 0.3) is 0 Å². The summed E-state index contributed by atoms with van der Waals surface area (Å²) >= 11 is 0. The first-order valence-corrected chi connectivity index (χ1v) is 4.76. The monoisotopic (exact) mass is 181 g/mol. The number of hydrogen-bond donors (Lipinski definition) is 2. The van der Waals surface area contributed by atoms with Gasteiger partial charge in [0.1, 0.15) is 0 Å². The highest BCUT2D eigenvalue weighted by Gasteiger charge is 2.14. The van der Waals surface area contributed by atoms with Crippen molar-refractivity contribution in [2.24, 2.45) is 0 Å². The van der Waals surface area contributed by atoms with Crippen molar-refractivity contribution in [1.82, 2.24) is 10.2 Å². The SMILES string of the molecule is CCc1c(NC(C)(C)C)n[nH]c1C. The van der Waals surface area contributed by atoms with Crippen LogP contribution in [0, 0.1) is 6.92 Å². The van der Waals surface area contributed by atoms with Gasteiger partial charge in [0.05, 0.1) is 0 Å². The van der Waals surface area contributed by atoms with Crippen molar-refractivity contribution in [2.75, 3.05) is 5.32 Å². The van der Waals surface area contributed by atoms with Crippen molar-refractivity contribution in [3.63, 3.8) is 0 Å². The van der Waals surface area contributed by atoms with E-state index in [-0.39, 0.29) is 5.54 Å². The summed E-state index contributed by atoms with van der Waals surface area (Å²) in [5.41, 5.74) is 2.52. The third-order valence-corrected chi connectivity index (χ3v) is 1.92. The topological polar surface area (TPSA) is 40.7 Å². The van der Waals surface area contributed by atoms with Crippen molar-refractivity contribution >= 4 is 5.82 Å². The highest BCUT2D eigenvalue weighted by atomic mass is 15.2. The van der Waals surface area contributed by atoms with Crippen molar-refractivity contribution in [3.8, 4) is 0 Å². The van der Waals surface area contributed by atoms with Crippen LogP contribution in [0.1, 0.15) is 39.0 Å². The van der Waals surface area contributed by atoms with Gasteiger partial charge in [-0.05, 0) is 34.1 Å². The predicted octanol–water partition coefficient (Wildman–Crippen LogP) is 2.49. The van der Waals surface area contributed by atoms with Crippen LogP contribution in [-0.2, 0) is 6.42 Å². The zero-order chi connectivity index (χ0) is 10.1. The summed E-state index contributed by atoms with van der Waals surface area (Å²) in [5.74, 6) is 0.993. The molecule has 1 aromatic rings. The molecule has 0 aliphatic heterocycles. The Hall–Kier alpha value is -0.990. The average molecular weight is 181 g/mol. The maximum atomic E-state index is 4.24. The number of nitrogens with zero attached hydrogens (tertiary/aromatic N) is 1. The molecule has 3 heteroatoms. The molecule has 0 bridgehead atoms.